The van der Waals surface area contributed by atoms with E-state index in [4.69, 9.17) is 10.00 Å². The van der Waals surface area contributed by atoms with Crippen LogP contribution in [0, 0.1) is 17.2 Å². The van der Waals surface area contributed by atoms with Gasteiger partial charge in [0.25, 0.3) is 0 Å². The number of pyridine rings is 1. The van der Waals surface area contributed by atoms with E-state index in [0.717, 1.165) is 24.2 Å². The number of carbonyl (C=O) groups is 1. The molecule has 2 atom stereocenters. The highest BCUT2D eigenvalue weighted by Gasteiger charge is 2.61. The van der Waals surface area contributed by atoms with Crippen molar-refractivity contribution >= 4 is 11.6 Å². The first-order chi connectivity index (χ1) is 11.2. The lowest BCUT2D eigenvalue weighted by atomic mass is 9.87. The fraction of sp³-hybridized carbons (Fsp3) is 0.278. The smallest absolute Gasteiger partial charge is 0.228 e. The van der Waals surface area contributed by atoms with Gasteiger partial charge in [0.15, 0.2) is 0 Å². The largest absolute Gasteiger partial charge is 0.493 e. The van der Waals surface area contributed by atoms with Gasteiger partial charge in [0.1, 0.15) is 11.8 Å². The molecule has 1 N–H and O–H groups in total. The Labute approximate surface area is 133 Å². The molecule has 0 saturated heterocycles. The molecule has 114 valence electrons. The second-order valence-electron chi connectivity index (χ2n) is 6.03. The molecule has 23 heavy (non-hydrogen) atoms. The van der Waals surface area contributed by atoms with Crippen LogP contribution in [0.2, 0.25) is 0 Å². The summed E-state index contributed by atoms with van der Waals surface area (Å²) in [4.78, 5) is 16.6. The number of nitriles is 1. The second-order valence-corrected chi connectivity index (χ2v) is 6.03. The topological polar surface area (TPSA) is 75.0 Å². The number of benzene rings is 1. The summed E-state index contributed by atoms with van der Waals surface area (Å²) >= 11 is 0. The average molecular weight is 305 g/mol. The predicted molar refractivity (Wildman–Crippen MR) is 83.9 cm³/mol. The molecular weight excluding hydrogens is 290 g/mol. The highest BCUT2D eigenvalue weighted by atomic mass is 16.5. The van der Waals surface area contributed by atoms with Crippen molar-refractivity contribution in [1.82, 2.24) is 4.98 Å². The van der Waals surface area contributed by atoms with E-state index >= 15 is 0 Å². The van der Waals surface area contributed by atoms with Gasteiger partial charge in [-0.25, -0.2) is 0 Å². The maximum atomic E-state index is 12.6. The summed E-state index contributed by atoms with van der Waals surface area (Å²) in [5, 5.41) is 12.0. The standard InChI is InChI=1S/C18H15N3O2/c19-10-12-11-20-7-5-15(12)21-17(22)14-9-18(14)6-8-23-16-4-2-1-3-13(16)18/h1-5,7,11,14H,6,8-9H2,(H,20,21,22)/t14-,18-/m0/s1. The summed E-state index contributed by atoms with van der Waals surface area (Å²) < 4.78 is 5.70. The van der Waals surface area contributed by atoms with Crippen molar-refractivity contribution in [2.45, 2.75) is 18.3 Å². The van der Waals surface area contributed by atoms with E-state index in [2.05, 4.69) is 16.4 Å². The maximum absolute atomic E-state index is 12.6. The first-order valence-electron chi connectivity index (χ1n) is 7.62. The minimum absolute atomic E-state index is 0.0376. The summed E-state index contributed by atoms with van der Waals surface area (Å²) in [5.74, 6) is 0.771. The third kappa shape index (κ3) is 2.15. The van der Waals surface area contributed by atoms with Crippen LogP contribution in [0.25, 0.3) is 0 Å². The zero-order valence-electron chi connectivity index (χ0n) is 12.5. The number of rotatable bonds is 2. The van der Waals surface area contributed by atoms with E-state index in [1.807, 2.05) is 24.3 Å². The van der Waals surface area contributed by atoms with E-state index in [1.165, 1.54) is 6.20 Å². The van der Waals surface area contributed by atoms with Gasteiger partial charge in [-0.2, -0.15) is 5.26 Å². The van der Waals surface area contributed by atoms with Gasteiger partial charge >= 0.3 is 0 Å². The summed E-state index contributed by atoms with van der Waals surface area (Å²) in [6.45, 7) is 0.638. The van der Waals surface area contributed by atoms with Crippen LogP contribution in [0.15, 0.2) is 42.7 Å². The first-order valence-corrected chi connectivity index (χ1v) is 7.62. The molecule has 2 aromatic rings. The van der Waals surface area contributed by atoms with Crippen molar-refractivity contribution in [1.29, 1.82) is 5.26 Å². The van der Waals surface area contributed by atoms with Crippen LogP contribution in [-0.2, 0) is 10.2 Å². The van der Waals surface area contributed by atoms with Gasteiger partial charge in [0, 0.05) is 29.3 Å². The molecule has 0 unspecified atom stereocenters. The Bertz CT molecular complexity index is 827. The Morgan fingerprint density at radius 1 is 1.39 bits per heavy atom. The number of aromatic nitrogens is 1. The van der Waals surface area contributed by atoms with Crippen LogP contribution in [0.4, 0.5) is 5.69 Å². The van der Waals surface area contributed by atoms with Crippen LogP contribution in [0.1, 0.15) is 24.0 Å². The quantitative estimate of drug-likeness (QED) is 0.925. The Balaban J connectivity index is 1.58. The predicted octanol–water partition coefficient (Wildman–Crippen LogP) is 2.63. The molecule has 1 spiro atoms. The molecule has 2 aliphatic rings. The number of hydrogen-bond donors (Lipinski definition) is 1. The Morgan fingerprint density at radius 3 is 3.13 bits per heavy atom. The van der Waals surface area contributed by atoms with Gasteiger partial charge in [-0.3, -0.25) is 9.78 Å². The lowest BCUT2D eigenvalue weighted by Crippen LogP contribution is -2.26. The molecule has 1 aliphatic carbocycles. The number of carbonyl (C=O) groups excluding carboxylic acids is 1. The third-order valence-electron chi connectivity index (χ3n) is 4.82. The lowest BCUT2D eigenvalue weighted by molar-refractivity contribution is -0.117. The van der Waals surface area contributed by atoms with E-state index in [1.54, 1.807) is 12.3 Å². The van der Waals surface area contributed by atoms with Crippen LogP contribution >= 0.6 is 0 Å². The van der Waals surface area contributed by atoms with Gasteiger partial charge in [-0.05, 0) is 25.0 Å². The maximum Gasteiger partial charge on any atom is 0.228 e. The molecule has 1 aliphatic heterocycles. The van der Waals surface area contributed by atoms with Crippen molar-refractivity contribution in [3.05, 3.63) is 53.9 Å². The molecule has 5 nitrogen and oxygen atoms in total. The Kier molecular flexibility index (Phi) is 3.05. The molecule has 0 bridgehead atoms. The van der Waals surface area contributed by atoms with Crippen molar-refractivity contribution < 1.29 is 9.53 Å². The van der Waals surface area contributed by atoms with Crippen LogP contribution in [-0.4, -0.2) is 17.5 Å². The SMILES string of the molecule is N#Cc1cnccc1NC(=O)[C@@H]1C[C@]12CCOc1ccccc12. The molecule has 1 amide bonds. The second kappa shape index (κ2) is 5.10. The van der Waals surface area contributed by atoms with Crippen molar-refractivity contribution in [2.24, 2.45) is 5.92 Å². The van der Waals surface area contributed by atoms with E-state index < -0.39 is 0 Å². The highest BCUT2D eigenvalue weighted by Crippen LogP contribution is 2.60. The first kappa shape index (κ1) is 13.8. The van der Waals surface area contributed by atoms with Crippen LogP contribution < -0.4 is 10.1 Å². The van der Waals surface area contributed by atoms with Crippen LogP contribution in [0.3, 0.4) is 0 Å². The fourth-order valence-electron chi connectivity index (χ4n) is 3.52. The molecule has 4 rings (SSSR count). The number of nitrogens with zero attached hydrogens (tertiary/aromatic N) is 2. The minimum Gasteiger partial charge on any atom is -0.493 e. The number of fused-ring (bicyclic) bond motifs is 2. The molecule has 0 radical (unpaired) electrons. The number of amides is 1. The zero-order chi connectivity index (χ0) is 15.9. The number of anilines is 1. The van der Waals surface area contributed by atoms with Gasteiger partial charge in [0.2, 0.25) is 5.91 Å². The summed E-state index contributed by atoms with van der Waals surface area (Å²) in [5.41, 5.74) is 1.91. The van der Waals surface area contributed by atoms with Gasteiger partial charge < -0.3 is 10.1 Å². The third-order valence-corrected chi connectivity index (χ3v) is 4.82. The van der Waals surface area contributed by atoms with E-state index in [0.29, 0.717) is 17.9 Å². The van der Waals surface area contributed by atoms with E-state index in [-0.39, 0.29) is 17.2 Å². The van der Waals surface area contributed by atoms with Crippen molar-refractivity contribution in [3.63, 3.8) is 0 Å². The number of nitrogens with one attached hydrogen (secondary N) is 1. The Morgan fingerprint density at radius 2 is 2.26 bits per heavy atom. The number of ether oxygens (including phenoxy) is 1. The van der Waals surface area contributed by atoms with Gasteiger partial charge in [0.05, 0.1) is 17.9 Å². The summed E-state index contributed by atoms with van der Waals surface area (Å²) in [7, 11) is 0. The van der Waals surface area contributed by atoms with E-state index in [9.17, 15) is 4.79 Å². The van der Waals surface area contributed by atoms with Crippen molar-refractivity contribution in [2.75, 3.05) is 11.9 Å². The molecule has 1 fully saturated rings. The fourth-order valence-corrected chi connectivity index (χ4v) is 3.52. The number of hydrogen-bond acceptors (Lipinski definition) is 4. The molecular formula is C18H15N3O2. The normalized spacial score (nSPS) is 24.2. The minimum atomic E-state index is -0.112. The van der Waals surface area contributed by atoms with Gasteiger partial charge in [-0.15, -0.1) is 0 Å². The lowest BCUT2D eigenvalue weighted by Gasteiger charge is -2.26. The molecule has 1 aromatic heterocycles. The molecule has 2 heterocycles. The van der Waals surface area contributed by atoms with Crippen LogP contribution in [0.5, 0.6) is 5.75 Å². The average Bonchev–Trinajstić information content (AvgIpc) is 3.31. The number of para-hydroxylation sites is 1. The highest BCUT2D eigenvalue weighted by molar-refractivity contribution is 5.97. The molecule has 1 aromatic carbocycles. The molecule has 5 heteroatoms. The molecule has 1 saturated carbocycles. The van der Waals surface area contributed by atoms with Crippen molar-refractivity contribution in [3.8, 4) is 11.8 Å². The zero-order valence-corrected chi connectivity index (χ0v) is 12.5. The van der Waals surface area contributed by atoms with Gasteiger partial charge in [-0.1, -0.05) is 18.2 Å². The Hall–Kier alpha value is -2.87. The monoisotopic (exact) mass is 305 g/mol. The summed E-state index contributed by atoms with van der Waals surface area (Å²) in [6.07, 6.45) is 4.71. The summed E-state index contributed by atoms with van der Waals surface area (Å²) in [6, 6.07) is 11.7.